The van der Waals surface area contributed by atoms with Crippen LogP contribution in [0.3, 0.4) is 0 Å². The van der Waals surface area contributed by atoms with E-state index < -0.39 is 29.3 Å². The van der Waals surface area contributed by atoms with Crippen LogP contribution in [0.5, 0.6) is 0 Å². The third-order valence-electron chi connectivity index (χ3n) is 3.55. The van der Waals surface area contributed by atoms with Crippen LogP contribution in [-0.4, -0.2) is 37.6 Å². The van der Waals surface area contributed by atoms with E-state index in [1.807, 2.05) is 5.32 Å². The number of halogens is 3. The first-order chi connectivity index (χ1) is 11.1. The fourth-order valence-electron chi connectivity index (χ4n) is 2.11. The van der Waals surface area contributed by atoms with E-state index in [1.165, 1.54) is 30.6 Å². The lowest BCUT2D eigenvalue weighted by atomic mass is 9.88. The predicted octanol–water partition coefficient (Wildman–Crippen LogP) is 1.45. The molecule has 0 spiro atoms. The summed E-state index contributed by atoms with van der Waals surface area (Å²) in [4.78, 5) is 23.5. The lowest BCUT2D eigenvalue weighted by Crippen LogP contribution is -2.58. The number of hydrogen-bond donors (Lipinski definition) is 3. The van der Waals surface area contributed by atoms with Gasteiger partial charge in [0.15, 0.2) is 0 Å². The van der Waals surface area contributed by atoms with Crippen LogP contribution in [0.25, 0.3) is 5.69 Å². The summed E-state index contributed by atoms with van der Waals surface area (Å²) in [5.74, 6) is -2.99. The molecule has 2 rings (SSSR count). The van der Waals surface area contributed by atoms with Crippen LogP contribution in [0.15, 0.2) is 35.4 Å². The Bertz CT molecular complexity index is 797. The van der Waals surface area contributed by atoms with Crippen LogP contribution < -0.4 is 11.0 Å². The number of carbonyl (C=O) groups excluding carboxylic acids is 1. The zero-order valence-corrected chi connectivity index (χ0v) is 12.8. The molecule has 0 saturated carbocycles. The maximum Gasteiger partial charge on any atom is 0.426 e. The van der Waals surface area contributed by atoms with Crippen LogP contribution in [0.1, 0.15) is 13.8 Å². The van der Waals surface area contributed by atoms with E-state index in [4.69, 9.17) is 0 Å². The van der Waals surface area contributed by atoms with Crippen molar-refractivity contribution in [1.29, 1.82) is 0 Å². The highest BCUT2D eigenvalue weighted by molar-refractivity contribution is 5.98. The topological polar surface area (TPSA) is 100 Å². The lowest BCUT2D eigenvalue weighted by molar-refractivity contribution is -0.262. The zero-order valence-electron chi connectivity index (χ0n) is 12.8. The molecular formula is C14H15F3N4O3. The van der Waals surface area contributed by atoms with Gasteiger partial charge in [-0.05, 0) is 18.2 Å². The zero-order chi connectivity index (χ0) is 18.1. The molecule has 0 aliphatic carbocycles. The van der Waals surface area contributed by atoms with Crippen molar-refractivity contribution in [3.63, 3.8) is 0 Å². The number of H-pyrrole nitrogens is 1. The Morgan fingerprint density at radius 2 is 2.04 bits per heavy atom. The molecule has 0 fully saturated rings. The molecule has 24 heavy (non-hydrogen) atoms. The largest absolute Gasteiger partial charge is 0.426 e. The number of anilines is 1. The van der Waals surface area contributed by atoms with Gasteiger partial charge in [-0.25, -0.2) is 14.5 Å². The van der Waals surface area contributed by atoms with Gasteiger partial charge in [-0.1, -0.05) is 19.9 Å². The van der Waals surface area contributed by atoms with Gasteiger partial charge in [-0.3, -0.25) is 4.79 Å². The third-order valence-corrected chi connectivity index (χ3v) is 3.55. The van der Waals surface area contributed by atoms with E-state index in [0.29, 0.717) is 0 Å². The van der Waals surface area contributed by atoms with E-state index >= 15 is 0 Å². The standard InChI is InChI=1S/C14H15F3N4O3/c1-8(2)13(24,14(15,16)17)11(22)19-9-4-3-5-10(6-9)21-7-18-20-12(21)23/h3-8,24H,1-2H3,(H,19,22)(H,20,23). The van der Waals surface area contributed by atoms with Gasteiger partial charge in [0.1, 0.15) is 6.33 Å². The SMILES string of the molecule is CC(C)C(O)(C(=O)Nc1cccc(-n2cn[nH]c2=O)c1)C(F)(F)F. The molecule has 2 aromatic rings. The summed E-state index contributed by atoms with van der Waals surface area (Å²) >= 11 is 0. The molecule has 0 aliphatic rings. The van der Waals surface area contributed by atoms with Crippen LogP contribution >= 0.6 is 0 Å². The Labute approximate surface area is 134 Å². The minimum atomic E-state index is -5.13. The van der Waals surface area contributed by atoms with Crippen molar-refractivity contribution in [3.8, 4) is 5.69 Å². The van der Waals surface area contributed by atoms with Crippen molar-refractivity contribution in [1.82, 2.24) is 14.8 Å². The van der Waals surface area contributed by atoms with Crippen molar-refractivity contribution >= 4 is 11.6 Å². The number of benzene rings is 1. The van der Waals surface area contributed by atoms with Crippen LogP contribution in [-0.2, 0) is 4.79 Å². The molecule has 1 aromatic heterocycles. The van der Waals surface area contributed by atoms with Gasteiger partial charge >= 0.3 is 11.9 Å². The summed E-state index contributed by atoms with van der Waals surface area (Å²) in [5, 5.41) is 17.6. The summed E-state index contributed by atoms with van der Waals surface area (Å²) in [6, 6.07) is 5.56. The highest BCUT2D eigenvalue weighted by Gasteiger charge is 2.61. The minimum absolute atomic E-state index is 0.00562. The summed E-state index contributed by atoms with van der Waals surface area (Å²) < 4.78 is 40.4. The summed E-state index contributed by atoms with van der Waals surface area (Å²) in [6.07, 6.45) is -3.95. The molecule has 1 amide bonds. The number of alkyl halides is 3. The molecule has 1 unspecified atom stereocenters. The first kappa shape index (κ1) is 17.7. The lowest BCUT2D eigenvalue weighted by Gasteiger charge is -2.32. The van der Waals surface area contributed by atoms with E-state index in [9.17, 15) is 27.9 Å². The average molecular weight is 344 g/mol. The smallest absolute Gasteiger partial charge is 0.372 e. The highest BCUT2D eigenvalue weighted by atomic mass is 19.4. The maximum absolute atomic E-state index is 13.1. The van der Waals surface area contributed by atoms with Gasteiger partial charge in [-0.15, -0.1) is 0 Å². The third kappa shape index (κ3) is 3.04. The molecule has 0 radical (unpaired) electrons. The van der Waals surface area contributed by atoms with Gasteiger partial charge in [0.25, 0.3) is 5.91 Å². The van der Waals surface area contributed by atoms with Crippen LogP contribution in [0, 0.1) is 5.92 Å². The summed E-state index contributed by atoms with van der Waals surface area (Å²) in [7, 11) is 0. The first-order valence-corrected chi connectivity index (χ1v) is 6.90. The fraction of sp³-hybridized carbons (Fsp3) is 0.357. The second-order valence-corrected chi connectivity index (χ2v) is 5.45. The van der Waals surface area contributed by atoms with E-state index in [-0.39, 0.29) is 11.4 Å². The molecule has 1 heterocycles. The van der Waals surface area contributed by atoms with Gasteiger partial charge in [0.2, 0.25) is 5.60 Å². The Hall–Kier alpha value is -2.62. The molecule has 1 atom stereocenters. The number of aromatic amines is 1. The van der Waals surface area contributed by atoms with Crippen molar-refractivity contribution < 1.29 is 23.1 Å². The van der Waals surface area contributed by atoms with E-state index in [0.717, 1.165) is 18.4 Å². The van der Waals surface area contributed by atoms with Crippen molar-refractivity contribution in [2.24, 2.45) is 5.92 Å². The molecular weight excluding hydrogens is 329 g/mol. The maximum atomic E-state index is 13.1. The number of amides is 1. The molecule has 3 N–H and O–H groups in total. The molecule has 0 aliphatic heterocycles. The van der Waals surface area contributed by atoms with E-state index in [1.54, 1.807) is 0 Å². The molecule has 10 heteroatoms. The van der Waals surface area contributed by atoms with Crippen LogP contribution in [0.4, 0.5) is 18.9 Å². The Balaban J connectivity index is 2.33. The fourth-order valence-corrected chi connectivity index (χ4v) is 2.11. The summed E-state index contributed by atoms with van der Waals surface area (Å²) in [6.45, 7) is 2.18. The number of aliphatic hydroxyl groups is 1. The highest BCUT2D eigenvalue weighted by Crippen LogP contribution is 2.37. The molecule has 0 saturated heterocycles. The van der Waals surface area contributed by atoms with Crippen molar-refractivity contribution in [2.45, 2.75) is 25.6 Å². The van der Waals surface area contributed by atoms with Gasteiger partial charge in [-0.2, -0.15) is 18.3 Å². The molecule has 130 valence electrons. The van der Waals surface area contributed by atoms with Crippen LogP contribution in [0.2, 0.25) is 0 Å². The van der Waals surface area contributed by atoms with E-state index in [2.05, 4.69) is 10.2 Å². The number of nitrogens with one attached hydrogen (secondary N) is 2. The normalized spacial score (nSPS) is 14.5. The summed E-state index contributed by atoms with van der Waals surface area (Å²) in [5.41, 5.74) is -3.80. The second-order valence-electron chi connectivity index (χ2n) is 5.45. The minimum Gasteiger partial charge on any atom is -0.372 e. The first-order valence-electron chi connectivity index (χ1n) is 6.90. The number of hydrogen-bond acceptors (Lipinski definition) is 4. The number of aromatic nitrogens is 3. The molecule has 1 aromatic carbocycles. The predicted molar refractivity (Wildman–Crippen MR) is 78.7 cm³/mol. The Kier molecular flexibility index (Phi) is 4.52. The van der Waals surface area contributed by atoms with Crippen molar-refractivity contribution in [3.05, 3.63) is 41.1 Å². The Morgan fingerprint density at radius 1 is 1.38 bits per heavy atom. The monoisotopic (exact) mass is 344 g/mol. The quantitative estimate of drug-likeness (QED) is 0.781. The number of nitrogens with zero attached hydrogens (tertiary/aromatic N) is 2. The van der Waals surface area contributed by atoms with Gasteiger partial charge < -0.3 is 10.4 Å². The second kappa shape index (κ2) is 6.11. The van der Waals surface area contributed by atoms with Gasteiger partial charge in [0.05, 0.1) is 5.69 Å². The van der Waals surface area contributed by atoms with Gasteiger partial charge in [0, 0.05) is 11.6 Å². The molecule has 7 nitrogen and oxygen atoms in total. The number of rotatable bonds is 4. The number of carbonyl (C=O) groups is 1. The molecule has 0 bridgehead atoms. The Morgan fingerprint density at radius 3 is 2.54 bits per heavy atom. The average Bonchev–Trinajstić information content (AvgIpc) is 2.91. The van der Waals surface area contributed by atoms with Crippen molar-refractivity contribution in [2.75, 3.05) is 5.32 Å².